The summed E-state index contributed by atoms with van der Waals surface area (Å²) in [5.41, 5.74) is 0.693. The van der Waals surface area contributed by atoms with Crippen LogP contribution in [0.15, 0.2) is 18.2 Å². The van der Waals surface area contributed by atoms with E-state index in [0.29, 0.717) is 23.0 Å². The third-order valence-electron chi connectivity index (χ3n) is 3.76. The lowest BCUT2D eigenvalue weighted by Crippen LogP contribution is -2.38. The molecule has 1 aliphatic heterocycles. The van der Waals surface area contributed by atoms with Gasteiger partial charge in [0.1, 0.15) is 5.82 Å². The molecule has 0 spiro atoms. The second-order valence-corrected chi connectivity index (χ2v) is 5.71. The molecule has 0 aromatic heterocycles. The third kappa shape index (κ3) is 4.44. The van der Waals surface area contributed by atoms with E-state index in [1.165, 1.54) is 18.9 Å². The Morgan fingerprint density at radius 3 is 3.00 bits per heavy atom. The van der Waals surface area contributed by atoms with Gasteiger partial charge in [-0.3, -0.25) is 4.90 Å². The maximum atomic E-state index is 13.7. The molecule has 2 rings (SSSR count). The molecular formula is C15H22ClFN2. The fourth-order valence-corrected chi connectivity index (χ4v) is 2.85. The lowest BCUT2D eigenvalue weighted by Gasteiger charge is -2.29. The average molecular weight is 285 g/mol. The Morgan fingerprint density at radius 1 is 1.47 bits per heavy atom. The van der Waals surface area contributed by atoms with Gasteiger partial charge in [-0.25, -0.2) is 4.39 Å². The molecule has 1 aromatic rings. The minimum Gasteiger partial charge on any atom is -0.316 e. The number of nitrogens with one attached hydrogen (secondary N) is 1. The molecule has 4 heteroatoms. The highest BCUT2D eigenvalue weighted by Crippen LogP contribution is 2.18. The van der Waals surface area contributed by atoms with Crippen LogP contribution in [-0.4, -0.2) is 31.1 Å². The predicted molar refractivity (Wildman–Crippen MR) is 78.0 cm³/mol. The van der Waals surface area contributed by atoms with E-state index in [2.05, 4.69) is 17.1 Å². The molecule has 1 N–H and O–H groups in total. The number of hydrogen-bond donors (Lipinski definition) is 1. The molecule has 1 fully saturated rings. The van der Waals surface area contributed by atoms with Crippen LogP contribution in [0.2, 0.25) is 5.02 Å². The molecule has 1 aromatic carbocycles. The lowest BCUT2D eigenvalue weighted by atomic mass is 9.99. The lowest BCUT2D eigenvalue weighted by molar-refractivity contribution is 0.207. The van der Waals surface area contributed by atoms with Crippen molar-refractivity contribution in [2.24, 2.45) is 5.92 Å². The summed E-state index contributed by atoms with van der Waals surface area (Å²) in [6.07, 6.45) is 2.51. The van der Waals surface area contributed by atoms with E-state index in [4.69, 9.17) is 11.6 Å². The van der Waals surface area contributed by atoms with E-state index in [-0.39, 0.29) is 5.82 Å². The largest absolute Gasteiger partial charge is 0.316 e. The SMILES string of the molecule is CCN(Cc1cc(Cl)ccc1F)CC1CCCNC1. The van der Waals surface area contributed by atoms with Gasteiger partial charge in [0, 0.05) is 23.7 Å². The summed E-state index contributed by atoms with van der Waals surface area (Å²) < 4.78 is 13.7. The Bertz CT molecular complexity index is 405. The summed E-state index contributed by atoms with van der Waals surface area (Å²) in [5, 5.41) is 4.03. The van der Waals surface area contributed by atoms with Crippen LogP contribution < -0.4 is 5.32 Å². The Balaban J connectivity index is 1.95. The van der Waals surface area contributed by atoms with Gasteiger partial charge in [0.05, 0.1) is 0 Å². The molecule has 1 unspecified atom stereocenters. The first-order chi connectivity index (χ1) is 9.19. The fraction of sp³-hybridized carbons (Fsp3) is 0.600. The van der Waals surface area contributed by atoms with Crippen molar-refractivity contribution in [3.63, 3.8) is 0 Å². The minimum absolute atomic E-state index is 0.162. The summed E-state index contributed by atoms with van der Waals surface area (Å²) in [7, 11) is 0. The maximum absolute atomic E-state index is 13.7. The van der Waals surface area contributed by atoms with Gasteiger partial charge in [0.2, 0.25) is 0 Å². The Morgan fingerprint density at radius 2 is 2.32 bits per heavy atom. The summed E-state index contributed by atoms with van der Waals surface area (Å²) in [6, 6.07) is 4.79. The van der Waals surface area contributed by atoms with E-state index in [1.54, 1.807) is 12.1 Å². The fourth-order valence-electron chi connectivity index (χ4n) is 2.66. The standard InChI is InChI=1S/C15H22ClFN2/c1-2-19(10-12-4-3-7-18-9-12)11-13-8-14(16)5-6-15(13)17/h5-6,8,12,18H,2-4,7,9-11H2,1H3. The highest BCUT2D eigenvalue weighted by Gasteiger charge is 2.17. The molecular weight excluding hydrogens is 263 g/mol. The second-order valence-electron chi connectivity index (χ2n) is 5.28. The van der Waals surface area contributed by atoms with Crippen molar-refractivity contribution in [1.82, 2.24) is 10.2 Å². The van der Waals surface area contributed by atoms with Gasteiger partial charge in [0.15, 0.2) is 0 Å². The van der Waals surface area contributed by atoms with Gasteiger partial charge in [-0.05, 0) is 56.6 Å². The molecule has 1 heterocycles. The second kappa shape index (κ2) is 7.22. The van der Waals surface area contributed by atoms with Crippen LogP contribution in [0.3, 0.4) is 0 Å². The van der Waals surface area contributed by atoms with Gasteiger partial charge in [0.25, 0.3) is 0 Å². The summed E-state index contributed by atoms with van der Waals surface area (Å²) >= 11 is 5.94. The van der Waals surface area contributed by atoms with E-state index in [1.807, 2.05) is 0 Å². The Hall–Kier alpha value is -0.640. The highest BCUT2D eigenvalue weighted by molar-refractivity contribution is 6.30. The number of halogens is 2. The zero-order valence-corrected chi connectivity index (χ0v) is 12.2. The Kier molecular flexibility index (Phi) is 5.61. The summed E-state index contributed by atoms with van der Waals surface area (Å²) in [5.74, 6) is 0.514. The van der Waals surface area contributed by atoms with Gasteiger partial charge in [-0.1, -0.05) is 18.5 Å². The smallest absolute Gasteiger partial charge is 0.127 e. The average Bonchev–Trinajstić information content (AvgIpc) is 2.43. The van der Waals surface area contributed by atoms with Crippen LogP contribution in [0, 0.1) is 11.7 Å². The highest BCUT2D eigenvalue weighted by atomic mass is 35.5. The van der Waals surface area contributed by atoms with Crippen LogP contribution in [0.4, 0.5) is 4.39 Å². The molecule has 1 atom stereocenters. The van der Waals surface area contributed by atoms with Crippen molar-refractivity contribution in [3.05, 3.63) is 34.6 Å². The quantitative estimate of drug-likeness (QED) is 0.892. The monoisotopic (exact) mass is 284 g/mol. The number of nitrogens with zero attached hydrogens (tertiary/aromatic N) is 1. The van der Waals surface area contributed by atoms with Crippen molar-refractivity contribution < 1.29 is 4.39 Å². The van der Waals surface area contributed by atoms with Crippen molar-refractivity contribution in [2.75, 3.05) is 26.2 Å². The first-order valence-corrected chi connectivity index (χ1v) is 7.44. The van der Waals surface area contributed by atoms with Crippen LogP contribution in [-0.2, 0) is 6.54 Å². The van der Waals surface area contributed by atoms with Crippen LogP contribution >= 0.6 is 11.6 Å². The van der Waals surface area contributed by atoms with Crippen molar-refractivity contribution in [2.45, 2.75) is 26.3 Å². The number of rotatable bonds is 5. The van der Waals surface area contributed by atoms with Crippen molar-refractivity contribution in [3.8, 4) is 0 Å². The first-order valence-electron chi connectivity index (χ1n) is 7.06. The van der Waals surface area contributed by atoms with Gasteiger partial charge >= 0.3 is 0 Å². The van der Waals surface area contributed by atoms with E-state index in [9.17, 15) is 4.39 Å². The van der Waals surface area contributed by atoms with Crippen molar-refractivity contribution >= 4 is 11.6 Å². The van der Waals surface area contributed by atoms with Crippen LogP contribution in [0.5, 0.6) is 0 Å². The molecule has 0 aliphatic carbocycles. The van der Waals surface area contributed by atoms with E-state index < -0.39 is 0 Å². The molecule has 0 amide bonds. The zero-order valence-electron chi connectivity index (χ0n) is 11.5. The topological polar surface area (TPSA) is 15.3 Å². The normalized spacial score (nSPS) is 19.9. The van der Waals surface area contributed by atoms with E-state index >= 15 is 0 Å². The molecule has 106 valence electrons. The van der Waals surface area contributed by atoms with E-state index in [0.717, 1.165) is 26.2 Å². The maximum Gasteiger partial charge on any atom is 0.127 e. The zero-order chi connectivity index (χ0) is 13.7. The van der Waals surface area contributed by atoms with Gasteiger partial charge < -0.3 is 5.32 Å². The number of hydrogen-bond acceptors (Lipinski definition) is 2. The van der Waals surface area contributed by atoms with Crippen LogP contribution in [0.25, 0.3) is 0 Å². The molecule has 1 saturated heterocycles. The molecule has 2 nitrogen and oxygen atoms in total. The first kappa shape index (κ1) is 14.8. The minimum atomic E-state index is -0.162. The van der Waals surface area contributed by atoms with Crippen LogP contribution in [0.1, 0.15) is 25.3 Å². The summed E-state index contributed by atoms with van der Waals surface area (Å²) in [4.78, 5) is 2.30. The molecule has 0 bridgehead atoms. The molecule has 0 radical (unpaired) electrons. The molecule has 19 heavy (non-hydrogen) atoms. The number of piperidine rings is 1. The molecule has 0 saturated carbocycles. The molecule has 1 aliphatic rings. The van der Waals surface area contributed by atoms with Gasteiger partial charge in [-0.2, -0.15) is 0 Å². The summed E-state index contributed by atoms with van der Waals surface area (Å²) in [6.45, 7) is 6.93. The number of benzene rings is 1. The van der Waals surface area contributed by atoms with Gasteiger partial charge in [-0.15, -0.1) is 0 Å². The predicted octanol–water partition coefficient (Wildman–Crippen LogP) is 3.30. The third-order valence-corrected chi connectivity index (χ3v) is 4.00. The Labute approximate surface area is 119 Å². The van der Waals surface area contributed by atoms with Crippen molar-refractivity contribution in [1.29, 1.82) is 0 Å².